The quantitative estimate of drug-likeness (QED) is 0.162. The first-order valence-electron chi connectivity index (χ1n) is 13.9. The Labute approximate surface area is 238 Å². The molecule has 0 saturated carbocycles. The van der Waals surface area contributed by atoms with Crippen LogP contribution in [-0.4, -0.2) is 18.3 Å². The van der Waals surface area contributed by atoms with Crippen molar-refractivity contribution < 1.29 is 9.31 Å². The van der Waals surface area contributed by atoms with Crippen LogP contribution in [0.4, 0.5) is 0 Å². The first-order chi connectivity index (χ1) is 19.3. The average molecular weight is 537 g/mol. The Morgan fingerprint density at radius 2 is 1.15 bits per heavy atom. The summed E-state index contributed by atoms with van der Waals surface area (Å²) in [5.41, 5.74) is 2.85. The van der Waals surface area contributed by atoms with Crippen LogP contribution in [0, 0.1) is 0 Å². The summed E-state index contributed by atoms with van der Waals surface area (Å²) in [6.07, 6.45) is 0. The highest BCUT2D eigenvalue weighted by Crippen LogP contribution is 2.41. The van der Waals surface area contributed by atoms with E-state index in [4.69, 9.17) is 9.31 Å². The number of hydrogen-bond donors (Lipinski definition) is 0. The minimum absolute atomic E-state index is 0.349. The summed E-state index contributed by atoms with van der Waals surface area (Å²) < 4.78 is 15.3. The van der Waals surface area contributed by atoms with Crippen LogP contribution in [0.2, 0.25) is 0 Å². The van der Waals surface area contributed by atoms with Crippen molar-refractivity contribution in [2.75, 3.05) is 0 Å². The fourth-order valence-corrected chi connectivity index (χ4v) is 7.22. The van der Waals surface area contributed by atoms with E-state index in [1.54, 1.807) is 0 Å². The second kappa shape index (κ2) is 8.41. The molecule has 194 valence electrons. The van der Waals surface area contributed by atoms with Crippen LogP contribution in [0.3, 0.4) is 0 Å². The van der Waals surface area contributed by atoms with Crippen molar-refractivity contribution in [3.05, 3.63) is 103 Å². The van der Waals surface area contributed by atoms with Crippen molar-refractivity contribution in [2.24, 2.45) is 0 Å². The fraction of sp³-hybridized carbons (Fsp3) is 0.167. The summed E-state index contributed by atoms with van der Waals surface area (Å²) in [5.74, 6) is 0. The van der Waals surface area contributed by atoms with Crippen LogP contribution < -0.4 is 5.46 Å². The molecule has 6 aromatic carbocycles. The zero-order chi connectivity index (χ0) is 27.2. The second-order valence-corrected chi connectivity index (χ2v) is 13.1. The third-order valence-corrected chi connectivity index (χ3v) is 10.2. The highest BCUT2D eigenvalue weighted by atomic mass is 32.1. The Bertz CT molecular complexity index is 2120. The van der Waals surface area contributed by atoms with Gasteiger partial charge in [0.25, 0.3) is 0 Å². The van der Waals surface area contributed by atoms with Gasteiger partial charge >= 0.3 is 7.12 Å². The van der Waals surface area contributed by atoms with Gasteiger partial charge in [-0.15, -0.1) is 11.3 Å². The maximum atomic E-state index is 6.30. The van der Waals surface area contributed by atoms with Crippen LogP contribution >= 0.6 is 11.3 Å². The summed E-state index contributed by atoms with van der Waals surface area (Å²) in [7, 11) is -0.354. The van der Waals surface area contributed by atoms with Gasteiger partial charge in [0, 0.05) is 20.2 Å². The predicted octanol–water partition coefficient (Wildman–Crippen LogP) is 9.48. The summed E-state index contributed by atoms with van der Waals surface area (Å²) in [6, 6.07) is 38.0. The van der Waals surface area contributed by atoms with Gasteiger partial charge in [-0.1, -0.05) is 78.9 Å². The van der Waals surface area contributed by atoms with Gasteiger partial charge in [0.1, 0.15) is 0 Å². The molecule has 1 saturated heterocycles. The molecule has 2 nitrogen and oxygen atoms in total. The molecule has 7 aromatic rings. The lowest BCUT2D eigenvalue weighted by Gasteiger charge is -2.32. The van der Waals surface area contributed by atoms with Crippen LogP contribution in [0.1, 0.15) is 27.7 Å². The van der Waals surface area contributed by atoms with Crippen LogP contribution in [-0.2, 0) is 9.31 Å². The van der Waals surface area contributed by atoms with Crippen molar-refractivity contribution in [2.45, 2.75) is 38.9 Å². The van der Waals surface area contributed by atoms with E-state index < -0.39 is 0 Å². The van der Waals surface area contributed by atoms with Gasteiger partial charge in [-0.2, -0.15) is 0 Å². The topological polar surface area (TPSA) is 18.5 Å². The molecule has 2 heterocycles. The van der Waals surface area contributed by atoms with Gasteiger partial charge in [-0.3, -0.25) is 0 Å². The number of fused-ring (bicyclic) bond motifs is 8. The first-order valence-corrected chi connectivity index (χ1v) is 14.8. The maximum Gasteiger partial charge on any atom is 0.494 e. The molecule has 1 fully saturated rings. The molecule has 0 spiro atoms. The van der Waals surface area contributed by atoms with E-state index in [9.17, 15) is 0 Å². The van der Waals surface area contributed by atoms with Gasteiger partial charge in [0.15, 0.2) is 0 Å². The number of benzene rings is 6. The van der Waals surface area contributed by atoms with E-state index in [0.717, 1.165) is 5.46 Å². The van der Waals surface area contributed by atoms with Crippen LogP contribution in [0.15, 0.2) is 103 Å². The third kappa shape index (κ3) is 3.57. The SMILES string of the molecule is CC1(C)OB(c2ccc3c(ccc4cc(-c5ccc6sc7ccc8ccccc8c7c6c5)ccc43)c2)OC1(C)C. The Kier molecular flexibility index (Phi) is 5.07. The molecule has 1 aromatic heterocycles. The Balaban J connectivity index is 1.21. The lowest BCUT2D eigenvalue weighted by Crippen LogP contribution is -2.41. The molecule has 0 radical (unpaired) electrons. The number of hydrogen-bond acceptors (Lipinski definition) is 3. The summed E-state index contributed by atoms with van der Waals surface area (Å²) in [4.78, 5) is 0. The standard InChI is InChI=1S/C36H29BO2S/c1-35(2)36(3,4)39-37(38-35)27-14-16-29-26(20-27)10-9-25-19-23(11-15-28(25)29)24-13-17-32-31(21-24)34-30-8-6-5-7-22(30)12-18-33(34)40-32/h5-21H,1-4H3. The Morgan fingerprint density at radius 1 is 0.525 bits per heavy atom. The summed E-state index contributed by atoms with van der Waals surface area (Å²) in [5, 5.41) is 10.3. The molecule has 0 bridgehead atoms. The molecule has 1 aliphatic heterocycles. The van der Waals surface area contributed by atoms with Crippen molar-refractivity contribution >= 4 is 76.4 Å². The molecule has 8 rings (SSSR count). The highest BCUT2D eigenvalue weighted by molar-refractivity contribution is 7.26. The lowest BCUT2D eigenvalue weighted by atomic mass is 9.78. The molecule has 0 atom stereocenters. The lowest BCUT2D eigenvalue weighted by molar-refractivity contribution is 0.00578. The Hall–Kier alpha value is -3.70. The molecular formula is C36H29BO2S. The van der Waals surface area contributed by atoms with Crippen LogP contribution in [0.5, 0.6) is 0 Å². The van der Waals surface area contributed by atoms with Crippen molar-refractivity contribution in [1.82, 2.24) is 0 Å². The van der Waals surface area contributed by atoms with E-state index >= 15 is 0 Å². The molecule has 40 heavy (non-hydrogen) atoms. The molecular weight excluding hydrogens is 507 g/mol. The van der Waals surface area contributed by atoms with Crippen molar-refractivity contribution in [3.63, 3.8) is 0 Å². The Morgan fingerprint density at radius 3 is 1.95 bits per heavy atom. The highest BCUT2D eigenvalue weighted by Gasteiger charge is 2.51. The van der Waals surface area contributed by atoms with Crippen molar-refractivity contribution in [3.8, 4) is 11.1 Å². The molecule has 4 heteroatoms. The van der Waals surface area contributed by atoms with Gasteiger partial charge in [0.2, 0.25) is 0 Å². The third-order valence-electron chi connectivity index (χ3n) is 9.08. The minimum Gasteiger partial charge on any atom is -0.399 e. The van der Waals surface area contributed by atoms with Gasteiger partial charge in [0.05, 0.1) is 11.2 Å². The molecule has 0 N–H and O–H groups in total. The predicted molar refractivity (Wildman–Crippen MR) is 173 cm³/mol. The van der Waals surface area contributed by atoms with E-state index in [1.807, 2.05) is 11.3 Å². The monoisotopic (exact) mass is 536 g/mol. The minimum atomic E-state index is -0.354. The molecule has 1 aliphatic rings. The zero-order valence-electron chi connectivity index (χ0n) is 23.1. The zero-order valence-corrected chi connectivity index (χ0v) is 23.9. The average Bonchev–Trinajstić information content (AvgIpc) is 3.44. The van der Waals surface area contributed by atoms with E-state index in [0.29, 0.717) is 0 Å². The van der Waals surface area contributed by atoms with E-state index in [1.165, 1.54) is 63.6 Å². The smallest absolute Gasteiger partial charge is 0.399 e. The van der Waals surface area contributed by atoms with Gasteiger partial charge in [-0.05, 0) is 101 Å². The first kappa shape index (κ1) is 24.1. The molecule has 0 amide bonds. The maximum absolute atomic E-state index is 6.30. The van der Waals surface area contributed by atoms with Gasteiger partial charge < -0.3 is 9.31 Å². The van der Waals surface area contributed by atoms with E-state index in [2.05, 4.69) is 131 Å². The van der Waals surface area contributed by atoms with Crippen molar-refractivity contribution in [1.29, 1.82) is 0 Å². The van der Waals surface area contributed by atoms with Gasteiger partial charge in [-0.25, -0.2) is 0 Å². The molecule has 0 aliphatic carbocycles. The number of thiophene rings is 1. The van der Waals surface area contributed by atoms with E-state index in [-0.39, 0.29) is 18.3 Å². The number of rotatable bonds is 2. The van der Waals surface area contributed by atoms with Crippen LogP contribution in [0.25, 0.3) is 63.6 Å². The summed E-state index contributed by atoms with van der Waals surface area (Å²) >= 11 is 1.88. The largest absolute Gasteiger partial charge is 0.494 e. The molecule has 0 unspecified atom stereocenters. The second-order valence-electron chi connectivity index (χ2n) is 12.0. The normalized spacial score (nSPS) is 16.6. The summed E-state index contributed by atoms with van der Waals surface area (Å²) in [6.45, 7) is 8.39. The fourth-order valence-electron chi connectivity index (χ4n) is 6.12.